The van der Waals surface area contributed by atoms with Crippen molar-refractivity contribution in [2.75, 3.05) is 26.1 Å². The Hall–Kier alpha value is -1.56. The summed E-state index contributed by atoms with van der Waals surface area (Å²) in [4.78, 5) is 15.6. The Morgan fingerprint density at radius 3 is 3.06 bits per heavy atom. The van der Waals surface area contributed by atoms with Crippen LogP contribution >= 0.6 is 0 Å². The summed E-state index contributed by atoms with van der Waals surface area (Å²) in [6.45, 7) is 4.10. The summed E-state index contributed by atoms with van der Waals surface area (Å²) in [5, 5.41) is 0. The van der Waals surface area contributed by atoms with E-state index in [2.05, 4.69) is 9.72 Å². The van der Waals surface area contributed by atoms with Crippen molar-refractivity contribution in [2.24, 2.45) is 5.92 Å². The predicted octanol–water partition coefficient (Wildman–Crippen LogP) is 0.597. The monoisotopic (exact) mass is 239 g/mol. The fourth-order valence-corrected chi connectivity index (χ4v) is 2.04. The number of aromatic nitrogens is 2. The van der Waals surface area contributed by atoms with Gasteiger partial charge in [-0.15, -0.1) is 0 Å². The molecule has 0 aliphatic carbocycles. The normalized spacial score (nSPS) is 19.5. The van der Waals surface area contributed by atoms with Crippen molar-refractivity contribution in [1.29, 1.82) is 0 Å². The number of carbonyl (C=O) groups is 1. The van der Waals surface area contributed by atoms with Gasteiger partial charge in [0.15, 0.2) is 5.69 Å². The maximum absolute atomic E-state index is 11.4. The molecule has 0 saturated carbocycles. The first kappa shape index (κ1) is 11.9. The van der Waals surface area contributed by atoms with Crippen LogP contribution in [0.15, 0.2) is 0 Å². The summed E-state index contributed by atoms with van der Waals surface area (Å²) in [7, 11) is 1.32. The maximum Gasteiger partial charge on any atom is 0.360 e. The molecular weight excluding hydrogens is 222 g/mol. The third-order valence-electron chi connectivity index (χ3n) is 3.04. The summed E-state index contributed by atoms with van der Waals surface area (Å²) in [6, 6.07) is 0. The molecule has 1 aliphatic heterocycles. The summed E-state index contributed by atoms with van der Waals surface area (Å²) in [5.74, 6) is 1.05. The van der Waals surface area contributed by atoms with Gasteiger partial charge in [-0.25, -0.2) is 9.78 Å². The smallest absolute Gasteiger partial charge is 0.360 e. The molecule has 1 atom stereocenters. The summed E-state index contributed by atoms with van der Waals surface area (Å²) < 4.78 is 11.8. The number of imidazole rings is 1. The molecular formula is C11H17N3O3. The molecule has 0 bridgehead atoms. The van der Waals surface area contributed by atoms with Crippen LogP contribution in [0.2, 0.25) is 0 Å². The number of nitrogen functional groups attached to an aromatic ring is 1. The van der Waals surface area contributed by atoms with Crippen LogP contribution in [0.1, 0.15) is 22.7 Å². The zero-order valence-electron chi connectivity index (χ0n) is 10.1. The minimum Gasteiger partial charge on any atom is -0.464 e. The zero-order valence-corrected chi connectivity index (χ0v) is 10.1. The van der Waals surface area contributed by atoms with Crippen molar-refractivity contribution < 1.29 is 14.3 Å². The lowest BCUT2D eigenvalue weighted by Gasteiger charge is -2.11. The molecule has 6 nitrogen and oxygen atoms in total. The number of esters is 1. The Balaban J connectivity index is 2.21. The molecule has 0 radical (unpaired) electrons. The van der Waals surface area contributed by atoms with Crippen LogP contribution in [0.25, 0.3) is 0 Å². The van der Waals surface area contributed by atoms with Gasteiger partial charge in [-0.05, 0) is 13.3 Å². The van der Waals surface area contributed by atoms with E-state index in [9.17, 15) is 4.79 Å². The Labute approximate surface area is 99.7 Å². The molecule has 0 amide bonds. The van der Waals surface area contributed by atoms with E-state index in [0.717, 1.165) is 32.0 Å². The Morgan fingerprint density at radius 1 is 1.71 bits per heavy atom. The van der Waals surface area contributed by atoms with Gasteiger partial charge in [-0.1, -0.05) is 0 Å². The summed E-state index contributed by atoms with van der Waals surface area (Å²) in [6.07, 6.45) is 1.02. The van der Waals surface area contributed by atoms with Crippen molar-refractivity contribution in [3.05, 3.63) is 11.5 Å². The number of ether oxygens (including phenoxy) is 2. The number of hydrogen-bond acceptors (Lipinski definition) is 5. The number of aryl methyl sites for hydroxylation is 1. The van der Waals surface area contributed by atoms with E-state index in [-0.39, 0.29) is 5.69 Å². The average Bonchev–Trinajstić information content (AvgIpc) is 2.91. The van der Waals surface area contributed by atoms with Gasteiger partial charge in [-0.2, -0.15) is 0 Å². The first-order valence-electron chi connectivity index (χ1n) is 5.62. The molecule has 1 saturated heterocycles. The highest BCUT2D eigenvalue weighted by Crippen LogP contribution is 2.21. The Morgan fingerprint density at radius 2 is 2.47 bits per heavy atom. The number of nitrogens with zero attached hydrogens (tertiary/aromatic N) is 2. The topological polar surface area (TPSA) is 79.4 Å². The van der Waals surface area contributed by atoms with Gasteiger partial charge >= 0.3 is 5.97 Å². The third kappa shape index (κ3) is 2.26. The predicted molar refractivity (Wildman–Crippen MR) is 61.6 cm³/mol. The lowest BCUT2D eigenvalue weighted by Crippen LogP contribution is -2.15. The molecule has 6 heteroatoms. The lowest BCUT2D eigenvalue weighted by atomic mass is 10.1. The lowest BCUT2D eigenvalue weighted by molar-refractivity contribution is 0.0595. The van der Waals surface area contributed by atoms with E-state index in [0.29, 0.717) is 11.7 Å². The van der Waals surface area contributed by atoms with Crippen LogP contribution in [0.4, 0.5) is 5.82 Å². The van der Waals surface area contributed by atoms with Crippen molar-refractivity contribution in [3.63, 3.8) is 0 Å². The second-order valence-electron chi connectivity index (χ2n) is 4.22. The Kier molecular flexibility index (Phi) is 3.33. The van der Waals surface area contributed by atoms with E-state index in [1.54, 1.807) is 0 Å². The van der Waals surface area contributed by atoms with E-state index < -0.39 is 5.97 Å². The van der Waals surface area contributed by atoms with E-state index in [1.807, 2.05) is 11.5 Å². The molecule has 0 spiro atoms. The van der Waals surface area contributed by atoms with Crippen molar-refractivity contribution in [2.45, 2.75) is 19.9 Å². The molecule has 94 valence electrons. The Bertz CT molecular complexity index is 422. The van der Waals surface area contributed by atoms with Crippen LogP contribution in [-0.4, -0.2) is 35.8 Å². The minimum atomic E-state index is -0.493. The standard InChI is InChI=1S/C11H17N3O3/c1-7-13-9(11(15)16-2)10(12)14(7)5-8-3-4-17-6-8/h8H,3-6,12H2,1-2H3. The number of carbonyl (C=O) groups excluding carboxylic acids is 1. The highest BCUT2D eigenvalue weighted by Gasteiger charge is 2.23. The van der Waals surface area contributed by atoms with Gasteiger partial charge < -0.3 is 19.8 Å². The molecule has 1 aromatic rings. The van der Waals surface area contributed by atoms with Gasteiger partial charge in [0, 0.05) is 19.1 Å². The molecule has 1 fully saturated rings. The highest BCUT2D eigenvalue weighted by molar-refractivity contribution is 5.92. The molecule has 2 heterocycles. The van der Waals surface area contributed by atoms with Crippen LogP contribution in [0, 0.1) is 12.8 Å². The van der Waals surface area contributed by atoms with E-state index in [1.165, 1.54) is 7.11 Å². The molecule has 1 aromatic heterocycles. The van der Waals surface area contributed by atoms with Crippen molar-refractivity contribution in [1.82, 2.24) is 9.55 Å². The van der Waals surface area contributed by atoms with Crippen molar-refractivity contribution in [3.8, 4) is 0 Å². The number of rotatable bonds is 3. The molecule has 1 unspecified atom stereocenters. The SMILES string of the molecule is COC(=O)c1nc(C)n(CC2CCOC2)c1N. The minimum absolute atomic E-state index is 0.198. The fourth-order valence-electron chi connectivity index (χ4n) is 2.04. The van der Waals surface area contributed by atoms with Gasteiger partial charge in [0.2, 0.25) is 0 Å². The van der Waals surface area contributed by atoms with Crippen LogP contribution in [-0.2, 0) is 16.0 Å². The molecule has 17 heavy (non-hydrogen) atoms. The largest absolute Gasteiger partial charge is 0.464 e. The fraction of sp³-hybridized carbons (Fsp3) is 0.636. The van der Waals surface area contributed by atoms with Gasteiger partial charge in [0.1, 0.15) is 11.6 Å². The number of hydrogen-bond donors (Lipinski definition) is 1. The molecule has 0 aromatic carbocycles. The second kappa shape index (κ2) is 4.75. The zero-order chi connectivity index (χ0) is 12.4. The van der Waals surface area contributed by atoms with Crippen LogP contribution in [0.3, 0.4) is 0 Å². The number of methoxy groups -OCH3 is 1. The quantitative estimate of drug-likeness (QED) is 0.781. The van der Waals surface area contributed by atoms with Crippen LogP contribution in [0.5, 0.6) is 0 Å². The molecule has 2 rings (SSSR count). The molecule has 2 N–H and O–H groups in total. The van der Waals surface area contributed by atoms with Crippen LogP contribution < -0.4 is 5.73 Å². The van der Waals surface area contributed by atoms with Gasteiger partial charge in [0.25, 0.3) is 0 Å². The summed E-state index contributed by atoms with van der Waals surface area (Å²) >= 11 is 0. The van der Waals surface area contributed by atoms with Gasteiger partial charge in [-0.3, -0.25) is 0 Å². The van der Waals surface area contributed by atoms with E-state index >= 15 is 0 Å². The average molecular weight is 239 g/mol. The summed E-state index contributed by atoms with van der Waals surface area (Å²) in [5.41, 5.74) is 6.12. The van der Waals surface area contributed by atoms with Crippen molar-refractivity contribution >= 4 is 11.8 Å². The van der Waals surface area contributed by atoms with Gasteiger partial charge in [0.05, 0.1) is 13.7 Å². The first-order chi connectivity index (χ1) is 8.13. The first-order valence-corrected chi connectivity index (χ1v) is 5.62. The highest BCUT2D eigenvalue weighted by atomic mass is 16.5. The number of nitrogens with two attached hydrogens (primary N) is 1. The maximum atomic E-state index is 11.4. The van der Waals surface area contributed by atoms with E-state index in [4.69, 9.17) is 10.5 Å². The second-order valence-corrected chi connectivity index (χ2v) is 4.22. The third-order valence-corrected chi connectivity index (χ3v) is 3.04. The number of anilines is 1. The molecule has 1 aliphatic rings.